The molecule has 0 aliphatic heterocycles. The molecule has 1 aromatic heterocycles. The van der Waals surface area contributed by atoms with Gasteiger partial charge in [-0.15, -0.1) is 0 Å². The number of hydrogen-bond acceptors (Lipinski definition) is 5. The van der Waals surface area contributed by atoms with Gasteiger partial charge in [-0.05, 0) is 37.8 Å². The second kappa shape index (κ2) is 7.23. The van der Waals surface area contributed by atoms with Crippen LogP contribution in [0.15, 0.2) is 47.8 Å². The maximum absolute atomic E-state index is 13.7. The summed E-state index contributed by atoms with van der Waals surface area (Å²) in [6, 6.07) is 5.14. The highest BCUT2D eigenvalue weighted by atomic mass is 32.2. The van der Waals surface area contributed by atoms with Crippen molar-refractivity contribution in [2.75, 3.05) is 0 Å². The Morgan fingerprint density at radius 2 is 1.88 bits per heavy atom. The average molecular weight is 351 g/mol. The first-order valence-electron chi connectivity index (χ1n) is 7.74. The van der Waals surface area contributed by atoms with E-state index in [-0.39, 0.29) is 17.0 Å². The van der Waals surface area contributed by atoms with Crippen molar-refractivity contribution in [3.05, 3.63) is 48.7 Å². The van der Waals surface area contributed by atoms with Gasteiger partial charge in [-0.25, -0.2) is 22.5 Å². The molecule has 0 atom stereocenters. The summed E-state index contributed by atoms with van der Waals surface area (Å²) in [5.74, 6) is -0.280. The van der Waals surface area contributed by atoms with Crippen LogP contribution in [0.4, 0.5) is 4.39 Å². The van der Waals surface area contributed by atoms with E-state index in [1.54, 1.807) is 18.6 Å². The molecule has 1 heterocycles. The molecule has 128 valence electrons. The monoisotopic (exact) mass is 351 g/mol. The van der Waals surface area contributed by atoms with Gasteiger partial charge in [0.05, 0.1) is 6.20 Å². The van der Waals surface area contributed by atoms with Crippen molar-refractivity contribution in [1.29, 1.82) is 0 Å². The summed E-state index contributed by atoms with van der Waals surface area (Å²) in [4.78, 5) is 7.69. The van der Waals surface area contributed by atoms with Crippen LogP contribution in [-0.2, 0) is 10.0 Å². The number of nitrogens with zero attached hydrogens (tertiary/aromatic N) is 2. The third-order valence-electron chi connectivity index (χ3n) is 3.95. The Hall–Kier alpha value is -2.06. The fourth-order valence-corrected chi connectivity index (χ4v) is 4.15. The summed E-state index contributed by atoms with van der Waals surface area (Å²) < 4.78 is 46.6. The van der Waals surface area contributed by atoms with Crippen LogP contribution in [0.5, 0.6) is 5.88 Å². The predicted molar refractivity (Wildman–Crippen MR) is 85.4 cm³/mol. The molecule has 0 bridgehead atoms. The van der Waals surface area contributed by atoms with Crippen LogP contribution in [0.3, 0.4) is 0 Å². The lowest BCUT2D eigenvalue weighted by molar-refractivity contribution is 0.138. The number of rotatable bonds is 5. The smallest absolute Gasteiger partial charge is 0.243 e. The van der Waals surface area contributed by atoms with Crippen molar-refractivity contribution in [2.24, 2.45) is 0 Å². The number of benzene rings is 1. The maximum Gasteiger partial charge on any atom is 0.243 e. The molecule has 6 nitrogen and oxygen atoms in total. The molecule has 0 amide bonds. The van der Waals surface area contributed by atoms with Gasteiger partial charge in [0.1, 0.15) is 16.8 Å². The first-order chi connectivity index (χ1) is 11.5. The Morgan fingerprint density at radius 3 is 2.54 bits per heavy atom. The Balaban J connectivity index is 1.56. The predicted octanol–water partition coefficient (Wildman–Crippen LogP) is 2.28. The van der Waals surface area contributed by atoms with Gasteiger partial charge < -0.3 is 4.74 Å². The minimum absolute atomic E-state index is 0.0177. The number of ether oxygens (including phenoxy) is 1. The van der Waals surface area contributed by atoms with Gasteiger partial charge in [0.25, 0.3) is 0 Å². The van der Waals surface area contributed by atoms with Crippen molar-refractivity contribution in [3.8, 4) is 5.88 Å². The fraction of sp³-hybridized carbons (Fsp3) is 0.375. The highest BCUT2D eigenvalue weighted by Gasteiger charge is 2.28. The van der Waals surface area contributed by atoms with Crippen LogP contribution in [0.25, 0.3) is 0 Å². The van der Waals surface area contributed by atoms with E-state index in [0.717, 1.165) is 6.07 Å². The Kier molecular flexibility index (Phi) is 5.06. The molecule has 0 saturated heterocycles. The first kappa shape index (κ1) is 16.8. The average Bonchev–Trinajstić information content (AvgIpc) is 2.58. The lowest BCUT2D eigenvalue weighted by Gasteiger charge is -2.28. The number of nitrogens with one attached hydrogen (secondary N) is 1. The highest BCUT2D eigenvalue weighted by Crippen LogP contribution is 2.24. The maximum atomic E-state index is 13.7. The van der Waals surface area contributed by atoms with E-state index in [1.807, 2.05) is 0 Å². The van der Waals surface area contributed by atoms with Gasteiger partial charge in [0, 0.05) is 18.4 Å². The number of sulfonamides is 1. The summed E-state index contributed by atoms with van der Waals surface area (Å²) in [5, 5.41) is 0. The van der Waals surface area contributed by atoms with Gasteiger partial charge in [-0.1, -0.05) is 12.1 Å². The van der Waals surface area contributed by atoms with Gasteiger partial charge >= 0.3 is 0 Å². The molecule has 1 saturated carbocycles. The second-order valence-electron chi connectivity index (χ2n) is 5.69. The molecule has 1 fully saturated rings. The SMILES string of the molecule is O=S(=O)(NC1CCC(Oc2cnccn2)CC1)c1ccccc1F. The largest absolute Gasteiger partial charge is 0.473 e. The molecular weight excluding hydrogens is 333 g/mol. The van der Waals surface area contributed by atoms with E-state index in [1.165, 1.54) is 18.2 Å². The van der Waals surface area contributed by atoms with Crippen LogP contribution in [0, 0.1) is 5.82 Å². The van der Waals surface area contributed by atoms with Crippen LogP contribution in [0.2, 0.25) is 0 Å². The number of halogens is 1. The zero-order chi connectivity index (χ0) is 17.0. The van der Waals surface area contributed by atoms with Gasteiger partial charge in [0.15, 0.2) is 0 Å². The second-order valence-corrected chi connectivity index (χ2v) is 7.37. The van der Waals surface area contributed by atoms with Gasteiger partial charge in [-0.3, -0.25) is 4.98 Å². The van der Waals surface area contributed by atoms with Crippen molar-refractivity contribution in [3.63, 3.8) is 0 Å². The fourth-order valence-electron chi connectivity index (χ4n) is 2.76. The molecule has 2 aromatic rings. The summed E-state index contributed by atoms with van der Waals surface area (Å²) in [6.07, 6.45) is 7.30. The van der Waals surface area contributed by atoms with Crippen molar-refractivity contribution < 1.29 is 17.5 Å². The molecule has 1 aliphatic carbocycles. The minimum atomic E-state index is -3.86. The standard InChI is InChI=1S/C16H18FN3O3S/c17-14-3-1-2-4-15(14)24(21,22)20-12-5-7-13(8-6-12)23-16-11-18-9-10-19-16/h1-4,9-13,20H,5-8H2. The molecule has 1 aromatic carbocycles. The topological polar surface area (TPSA) is 81.2 Å². The molecule has 0 radical (unpaired) electrons. The first-order valence-corrected chi connectivity index (χ1v) is 9.22. The van der Waals surface area contributed by atoms with Crippen molar-refractivity contribution in [2.45, 2.75) is 42.7 Å². The van der Waals surface area contributed by atoms with E-state index < -0.39 is 15.8 Å². The lowest BCUT2D eigenvalue weighted by Crippen LogP contribution is -2.40. The summed E-state index contributed by atoms with van der Waals surface area (Å²) in [6.45, 7) is 0. The molecule has 8 heteroatoms. The third kappa shape index (κ3) is 4.07. The third-order valence-corrected chi connectivity index (χ3v) is 5.50. The molecule has 0 spiro atoms. The zero-order valence-corrected chi connectivity index (χ0v) is 13.7. The Labute approximate surface area is 140 Å². The van der Waals surface area contributed by atoms with Crippen molar-refractivity contribution >= 4 is 10.0 Å². The molecular formula is C16H18FN3O3S. The van der Waals surface area contributed by atoms with E-state index >= 15 is 0 Å². The van der Waals surface area contributed by atoms with Crippen LogP contribution >= 0.6 is 0 Å². The molecule has 0 unspecified atom stereocenters. The van der Waals surface area contributed by atoms with E-state index in [9.17, 15) is 12.8 Å². The zero-order valence-electron chi connectivity index (χ0n) is 12.9. The van der Waals surface area contributed by atoms with Crippen LogP contribution in [-0.4, -0.2) is 30.5 Å². The summed E-state index contributed by atoms with van der Waals surface area (Å²) in [7, 11) is -3.86. The van der Waals surface area contributed by atoms with E-state index in [4.69, 9.17) is 4.74 Å². The Bertz CT molecular complexity index is 778. The number of aromatic nitrogens is 2. The molecule has 24 heavy (non-hydrogen) atoms. The van der Waals surface area contributed by atoms with Crippen LogP contribution < -0.4 is 9.46 Å². The quantitative estimate of drug-likeness (QED) is 0.894. The lowest BCUT2D eigenvalue weighted by atomic mass is 9.94. The van der Waals surface area contributed by atoms with E-state index in [2.05, 4.69) is 14.7 Å². The summed E-state index contributed by atoms with van der Waals surface area (Å²) >= 11 is 0. The molecule has 1 aliphatic rings. The van der Waals surface area contributed by atoms with Gasteiger partial charge in [0.2, 0.25) is 15.9 Å². The van der Waals surface area contributed by atoms with Gasteiger partial charge in [-0.2, -0.15) is 0 Å². The number of hydrogen-bond donors (Lipinski definition) is 1. The van der Waals surface area contributed by atoms with Crippen LogP contribution in [0.1, 0.15) is 25.7 Å². The highest BCUT2D eigenvalue weighted by molar-refractivity contribution is 7.89. The van der Waals surface area contributed by atoms with Crippen molar-refractivity contribution in [1.82, 2.24) is 14.7 Å². The minimum Gasteiger partial charge on any atom is -0.473 e. The van der Waals surface area contributed by atoms with E-state index in [0.29, 0.717) is 31.6 Å². The summed E-state index contributed by atoms with van der Waals surface area (Å²) in [5.41, 5.74) is 0. The molecule has 3 rings (SSSR count). The normalized spacial score (nSPS) is 21.4. The molecule has 1 N–H and O–H groups in total. The Morgan fingerprint density at radius 1 is 1.12 bits per heavy atom.